The lowest BCUT2D eigenvalue weighted by Crippen LogP contribution is -2.62. The first-order valence-corrected chi connectivity index (χ1v) is 13.3. The third-order valence-corrected chi connectivity index (χ3v) is 6.91. The van der Waals surface area contributed by atoms with Crippen LogP contribution in [0.1, 0.15) is 130 Å². The van der Waals surface area contributed by atoms with Crippen molar-refractivity contribution in [1.82, 2.24) is 5.32 Å². The van der Waals surface area contributed by atoms with Gasteiger partial charge in [-0.2, -0.15) is 0 Å². The SMILES string of the molecule is CCCCCCCCCCCCCCCCCC(=O)NC(C)[N+](CC)(CC)CC(=O)O. The molecule has 0 aromatic carbocycles. The second-order valence-corrected chi connectivity index (χ2v) is 9.35. The Kier molecular flexibility index (Phi) is 18.9. The van der Waals surface area contributed by atoms with Crippen molar-refractivity contribution < 1.29 is 19.2 Å². The number of quaternary nitrogens is 1. The summed E-state index contributed by atoms with van der Waals surface area (Å²) in [6, 6.07) is 0. The van der Waals surface area contributed by atoms with E-state index in [1.807, 2.05) is 20.8 Å². The molecule has 5 heteroatoms. The fourth-order valence-corrected chi connectivity index (χ4v) is 4.50. The van der Waals surface area contributed by atoms with Gasteiger partial charge in [-0.15, -0.1) is 0 Å². The Hall–Kier alpha value is -1.10. The molecule has 0 saturated carbocycles. The van der Waals surface area contributed by atoms with Gasteiger partial charge in [0, 0.05) is 13.3 Å². The predicted molar refractivity (Wildman–Crippen MR) is 131 cm³/mol. The summed E-state index contributed by atoms with van der Waals surface area (Å²) in [6.45, 7) is 9.63. The highest BCUT2D eigenvalue weighted by molar-refractivity contribution is 5.76. The predicted octanol–water partition coefficient (Wildman–Crippen LogP) is 6.65. The Bertz CT molecular complexity index is 450. The number of hydrogen-bond donors (Lipinski definition) is 2. The van der Waals surface area contributed by atoms with E-state index in [0.717, 1.165) is 12.8 Å². The lowest BCUT2D eigenvalue weighted by molar-refractivity contribution is -0.941. The Morgan fingerprint density at radius 1 is 0.710 bits per heavy atom. The first kappa shape index (κ1) is 29.9. The minimum Gasteiger partial charge on any atom is -0.477 e. The molecule has 2 N–H and O–H groups in total. The minimum absolute atomic E-state index is 0.0490. The standard InChI is InChI=1S/C26H52N2O3/c1-5-8-9-10-11-12-13-14-15-16-17-18-19-20-21-22-25(29)27-24(4)28(6-2,7-3)23-26(30)31/h24H,5-23H2,1-4H3,(H-,27,29,30,31)/p+1. The number of rotatable bonds is 22. The van der Waals surface area contributed by atoms with Crippen LogP contribution in [0.15, 0.2) is 0 Å². The number of nitrogens with zero attached hydrogens (tertiary/aromatic N) is 1. The van der Waals surface area contributed by atoms with Crippen LogP contribution in [0.3, 0.4) is 0 Å². The smallest absolute Gasteiger partial charge is 0.359 e. The molecule has 0 saturated heterocycles. The van der Waals surface area contributed by atoms with Crippen molar-refractivity contribution >= 4 is 11.9 Å². The van der Waals surface area contributed by atoms with Gasteiger partial charge in [0.25, 0.3) is 0 Å². The average molecular weight is 442 g/mol. The zero-order valence-electron chi connectivity index (χ0n) is 21.2. The van der Waals surface area contributed by atoms with Crippen molar-refractivity contribution in [3.05, 3.63) is 0 Å². The Morgan fingerprint density at radius 3 is 1.45 bits per heavy atom. The van der Waals surface area contributed by atoms with Crippen molar-refractivity contribution in [3.63, 3.8) is 0 Å². The van der Waals surface area contributed by atoms with E-state index in [1.165, 1.54) is 83.5 Å². The van der Waals surface area contributed by atoms with E-state index in [4.69, 9.17) is 0 Å². The number of carboxylic acid groups (broad SMARTS) is 1. The lowest BCUT2D eigenvalue weighted by atomic mass is 10.0. The number of nitrogens with one attached hydrogen (secondary N) is 1. The molecular formula is C26H53N2O3+. The fraction of sp³-hybridized carbons (Fsp3) is 0.923. The van der Waals surface area contributed by atoms with E-state index in [2.05, 4.69) is 12.2 Å². The summed E-state index contributed by atoms with van der Waals surface area (Å²) in [5.41, 5.74) is 0. The van der Waals surface area contributed by atoms with Gasteiger partial charge in [0.1, 0.15) is 0 Å². The van der Waals surface area contributed by atoms with E-state index in [-0.39, 0.29) is 18.6 Å². The fourth-order valence-electron chi connectivity index (χ4n) is 4.50. The molecule has 0 aromatic rings. The Balaban J connectivity index is 3.66. The van der Waals surface area contributed by atoms with Crippen molar-refractivity contribution in [2.24, 2.45) is 0 Å². The largest absolute Gasteiger partial charge is 0.477 e. The Morgan fingerprint density at radius 2 is 1.10 bits per heavy atom. The summed E-state index contributed by atoms with van der Waals surface area (Å²) in [6.07, 6.45) is 20.1. The van der Waals surface area contributed by atoms with Gasteiger partial charge in [0.15, 0.2) is 12.7 Å². The number of amides is 1. The van der Waals surface area contributed by atoms with Gasteiger partial charge in [-0.1, -0.05) is 96.8 Å². The summed E-state index contributed by atoms with van der Waals surface area (Å²) in [7, 11) is 0. The quantitative estimate of drug-likeness (QED) is 0.112. The van der Waals surface area contributed by atoms with Gasteiger partial charge in [-0.05, 0) is 20.3 Å². The molecule has 0 fully saturated rings. The van der Waals surface area contributed by atoms with Gasteiger partial charge in [-0.25, -0.2) is 4.79 Å². The second kappa shape index (κ2) is 19.6. The van der Waals surface area contributed by atoms with Gasteiger partial charge in [0.05, 0.1) is 13.1 Å². The molecule has 0 aliphatic carbocycles. The second-order valence-electron chi connectivity index (χ2n) is 9.35. The first-order chi connectivity index (χ1) is 14.9. The average Bonchev–Trinajstić information content (AvgIpc) is 2.74. The van der Waals surface area contributed by atoms with E-state index >= 15 is 0 Å². The van der Waals surface area contributed by atoms with Crippen LogP contribution in [0.25, 0.3) is 0 Å². The van der Waals surface area contributed by atoms with E-state index in [9.17, 15) is 14.7 Å². The Labute approximate surface area is 192 Å². The third-order valence-electron chi connectivity index (χ3n) is 6.91. The maximum absolute atomic E-state index is 12.3. The number of carbonyl (C=O) groups is 2. The molecule has 0 aliphatic rings. The maximum Gasteiger partial charge on any atom is 0.359 e. The molecule has 0 rings (SSSR count). The molecule has 0 spiro atoms. The van der Waals surface area contributed by atoms with E-state index in [1.54, 1.807) is 0 Å². The zero-order chi connectivity index (χ0) is 23.4. The van der Waals surface area contributed by atoms with Crippen molar-refractivity contribution in [2.45, 2.75) is 137 Å². The van der Waals surface area contributed by atoms with Crippen LogP contribution in [-0.2, 0) is 9.59 Å². The molecule has 1 amide bonds. The third kappa shape index (κ3) is 15.4. The highest BCUT2D eigenvalue weighted by Gasteiger charge is 2.34. The van der Waals surface area contributed by atoms with Crippen LogP contribution in [0.2, 0.25) is 0 Å². The minimum atomic E-state index is -0.813. The van der Waals surface area contributed by atoms with Crippen LogP contribution in [0, 0.1) is 0 Å². The monoisotopic (exact) mass is 441 g/mol. The number of hydrogen-bond acceptors (Lipinski definition) is 2. The zero-order valence-corrected chi connectivity index (χ0v) is 21.2. The molecule has 5 nitrogen and oxygen atoms in total. The molecule has 0 bridgehead atoms. The van der Waals surface area contributed by atoms with E-state index in [0.29, 0.717) is 24.0 Å². The van der Waals surface area contributed by atoms with Gasteiger partial charge >= 0.3 is 5.97 Å². The maximum atomic E-state index is 12.3. The topological polar surface area (TPSA) is 66.4 Å². The normalized spacial score (nSPS) is 12.6. The van der Waals surface area contributed by atoms with E-state index < -0.39 is 5.97 Å². The lowest BCUT2D eigenvalue weighted by Gasteiger charge is -2.40. The summed E-state index contributed by atoms with van der Waals surface area (Å²) < 4.78 is 0.389. The summed E-state index contributed by atoms with van der Waals surface area (Å²) in [5.74, 6) is -0.760. The molecule has 0 aliphatic heterocycles. The molecule has 31 heavy (non-hydrogen) atoms. The number of carboxylic acids is 1. The molecular weight excluding hydrogens is 388 g/mol. The van der Waals surface area contributed by atoms with Crippen molar-refractivity contribution in [3.8, 4) is 0 Å². The summed E-state index contributed by atoms with van der Waals surface area (Å²) in [4.78, 5) is 23.5. The van der Waals surface area contributed by atoms with Gasteiger partial charge in [-0.3, -0.25) is 9.28 Å². The number of carbonyl (C=O) groups excluding carboxylic acids is 1. The molecule has 1 unspecified atom stereocenters. The highest BCUT2D eigenvalue weighted by Crippen LogP contribution is 2.15. The number of unbranched alkanes of at least 4 members (excludes halogenated alkanes) is 14. The molecule has 0 radical (unpaired) electrons. The van der Waals surface area contributed by atoms with Crippen LogP contribution in [0.4, 0.5) is 0 Å². The van der Waals surface area contributed by atoms with Gasteiger partial charge < -0.3 is 10.4 Å². The van der Waals surface area contributed by atoms with Crippen LogP contribution in [0.5, 0.6) is 0 Å². The van der Waals surface area contributed by atoms with Gasteiger partial charge in [0.2, 0.25) is 5.91 Å². The van der Waals surface area contributed by atoms with Crippen LogP contribution < -0.4 is 5.32 Å². The molecule has 0 aromatic heterocycles. The number of likely N-dealkylation sites (N-methyl/N-ethyl adjacent to an activating group) is 1. The van der Waals surface area contributed by atoms with Crippen molar-refractivity contribution in [1.29, 1.82) is 0 Å². The van der Waals surface area contributed by atoms with Crippen molar-refractivity contribution in [2.75, 3.05) is 19.6 Å². The highest BCUT2D eigenvalue weighted by atomic mass is 16.4. The van der Waals surface area contributed by atoms with Crippen LogP contribution >= 0.6 is 0 Å². The molecule has 0 heterocycles. The van der Waals surface area contributed by atoms with Crippen LogP contribution in [-0.4, -0.2) is 47.3 Å². The molecule has 1 atom stereocenters. The number of aliphatic carboxylic acids is 1. The first-order valence-electron chi connectivity index (χ1n) is 13.3. The summed E-state index contributed by atoms with van der Waals surface area (Å²) in [5, 5.41) is 12.3. The summed E-state index contributed by atoms with van der Waals surface area (Å²) >= 11 is 0. The molecule has 184 valence electrons.